The summed E-state index contributed by atoms with van der Waals surface area (Å²) in [7, 11) is 0. The Morgan fingerprint density at radius 2 is 2.21 bits per heavy atom. The monoisotopic (exact) mass is 262 g/mol. The largest absolute Gasteiger partial charge is 0.381 e. The smallest absolute Gasteiger partial charge is 0.226 e. The van der Waals surface area contributed by atoms with Gasteiger partial charge in [0.05, 0.1) is 5.41 Å². The first-order chi connectivity index (χ1) is 9.27. The van der Waals surface area contributed by atoms with Crippen molar-refractivity contribution in [2.24, 2.45) is 5.41 Å². The van der Waals surface area contributed by atoms with Crippen LogP contribution >= 0.6 is 0 Å². The molecule has 1 saturated heterocycles. The number of rotatable bonds is 5. The summed E-state index contributed by atoms with van der Waals surface area (Å²) in [6, 6.07) is 5.86. The highest BCUT2D eigenvalue weighted by molar-refractivity contribution is 5.83. The van der Waals surface area contributed by atoms with Gasteiger partial charge in [-0.3, -0.25) is 9.78 Å². The van der Waals surface area contributed by atoms with Crippen LogP contribution in [0.1, 0.15) is 31.9 Å². The van der Waals surface area contributed by atoms with Crippen LogP contribution in [0.15, 0.2) is 24.4 Å². The van der Waals surface area contributed by atoms with Gasteiger partial charge in [-0.25, -0.2) is 0 Å². The average molecular weight is 262 g/mol. The number of carbonyl (C=O) groups excluding carboxylic acids is 1. The minimum absolute atomic E-state index is 0.156. The third-order valence-electron chi connectivity index (χ3n) is 3.71. The maximum absolute atomic E-state index is 12.5. The summed E-state index contributed by atoms with van der Waals surface area (Å²) >= 11 is 0. The standard InChI is InChI=1S/C15H22N2O2/c1-2-8-17-14(18)15(6-10-19-11-7-15)12-13-5-3-4-9-16-13/h3-5,9H,2,6-8,10-12H2,1H3,(H,17,18). The van der Waals surface area contributed by atoms with Crippen LogP contribution in [-0.4, -0.2) is 30.6 Å². The van der Waals surface area contributed by atoms with Crippen LogP contribution in [-0.2, 0) is 16.0 Å². The van der Waals surface area contributed by atoms with E-state index in [1.165, 1.54) is 0 Å². The van der Waals surface area contributed by atoms with Crippen LogP contribution < -0.4 is 5.32 Å². The van der Waals surface area contributed by atoms with Crippen molar-refractivity contribution < 1.29 is 9.53 Å². The van der Waals surface area contributed by atoms with Crippen molar-refractivity contribution in [3.05, 3.63) is 30.1 Å². The van der Waals surface area contributed by atoms with E-state index in [2.05, 4.69) is 17.2 Å². The Hall–Kier alpha value is -1.42. The zero-order valence-electron chi connectivity index (χ0n) is 11.5. The molecule has 4 nitrogen and oxygen atoms in total. The minimum atomic E-state index is -0.345. The van der Waals surface area contributed by atoms with Crippen LogP contribution in [0.3, 0.4) is 0 Å². The van der Waals surface area contributed by atoms with Gasteiger partial charge in [-0.2, -0.15) is 0 Å². The van der Waals surface area contributed by atoms with Crippen molar-refractivity contribution in [2.45, 2.75) is 32.6 Å². The molecule has 4 heteroatoms. The molecule has 0 atom stereocenters. The fourth-order valence-electron chi connectivity index (χ4n) is 2.52. The summed E-state index contributed by atoms with van der Waals surface area (Å²) < 4.78 is 5.42. The minimum Gasteiger partial charge on any atom is -0.381 e. The Bertz CT molecular complexity index is 400. The number of ether oxygens (including phenoxy) is 1. The van der Waals surface area contributed by atoms with Gasteiger partial charge in [0, 0.05) is 38.1 Å². The van der Waals surface area contributed by atoms with E-state index in [-0.39, 0.29) is 11.3 Å². The molecular formula is C15H22N2O2. The molecule has 0 bridgehead atoms. The zero-order chi connectivity index (χ0) is 13.6. The van der Waals surface area contributed by atoms with Gasteiger partial charge in [0.2, 0.25) is 5.91 Å². The van der Waals surface area contributed by atoms with E-state index in [0.29, 0.717) is 19.6 Å². The number of nitrogens with zero attached hydrogens (tertiary/aromatic N) is 1. The lowest BCUT2D eigenvalue weighted by atomic mass is 9.75. The summed E-state index contributed by atoms with van der Waals surface area (Å²) in [4.78, 5) is 16.8. The Balaban J connectivity index is 2.12. The van der Waals surface area contributed by atoms with Gasteiger partial charge < -0.3 is 10.1 Å². The highest BCUT2D eigenvalue weighted by Crippen LogP contribution is 2.34. The van der Waals surface area contributed by atoms with E-state index in [4.69, 9.17) is 4.74 Å². The Morgan fingerprint density at radius 1 is 1.42 bits per heavy atom. The number of aromatic nitrogens is 1. The van der Waals surface area contributed by atoms with E-state index < -0.39 is 0 Å². The molecule has 1 amide bonds. The Morgan fingerprint density at radius 3 is 2.84 bits per heavy atom. The highest BCUT2D eigenvalue weighted by Gasteiger charge is 2.40. The predicted octanol–water partition coefficient (Wildman–Crippen LogP) is 1.95. The van der Waals surface area contributed by atoms with Crippen LogP contribution in [0.25, 0.3) is 0 Å². The molecule has 0 saturated carbocycles. The fourth-order valence-corrected chi connectivity index (χ4v) is 2.52. The van der Waals surface area contributed by atoms with Crippen LogP contribution in [0.2, 0.25) is 0 Å². The summed E-state index contributed by atoms with van der Waals surface area (Å²) in [5.41, 5.74) is 0.637. The molecule has 0 aliphatic carbocycles. The van der Waals surface area contributed by atoms with Gasteiger partial charge in [0.25, 0.3) is 0 Å². The molecule has 1 aromatic heterocycles. The normalized spacial score (nSPS) is 17.9. The summed E-state index contributed by atoms with van der Waals surface area (Å²) in [5.74, 6) is 0.156. The predicted molar refractivity (Wildman–Crippen MR) is 73.7 cm³/mol. The van der Waals surface area contributed by atoms with Crippen molar-refractivity contribution in [2.75, 3.05) is 19.8 Å². The molecule has 1 fully saturated rings. The quantitative estimate of drug-likeness (QED) is 0.882. The van der Waals surface area contributed by atoms with Crippen LogP contribution in [0, 0.1) is 5.41 Å². The molecular weight excluding hydrogens is 240 g/mol. The van der Waals surface area contributed by atoms with Gasteiger partial charge in [-0.1, -0.05) is 13.0 Å². The number of carbonyl (C=O) groups is 1. The number of nitrogens with one attached hydrogen (secondary N) is 1. The molecule has 0 radical (unpaired) electrons. The fraction of sp³-hybridized carbons (Fsp3) is 0.600. The molecule has 104 valence electrons. The third-order valence-corrected chi connectivity index (χ3v) is 3.71. The van der Waals surface area contributed by atoms with Crippen molar-refractivity contribution in [1.82, 2.24) is 10.3 Å². The zero-order valence-corrected chi connectivity index (χ0v) is 11.5. The molecule has 0 spiro atoms. The first-order valence-electron chi connectivity index (χ1n) is 7.03. The van der Waals surface area contributed by atoms with Crippen molar-refractivity contribution in [3.8, 4) is 0 Å². The number of hydrogen-bond acceptors (Lipinski definition) is 3. The number of amides is 1. The topological polar surface area (TPSA) is 51.2 Å². The van der Waals surface area contributed by atoms with Crippen LogP contribution in [0.4, 0.5) is 0 Å². The Labute approximate surface area is 114 Å². The lowest BCUT2D eigenvalue weighted by Crippen LogP contribution is -2.46. The van der Waals surface area contributed by atoms with Crippen molar-refractivity contribution >= 4 is 5.91 Å². The molecule has 0 unspecified atom stereocenters. The maximum atomic E-state index is 12.5. The second-order valence-electron chi connectivity index (χ2n) is 5.15. The summed E-state index contributed by atoms with van der Waals surface area (Å²) in [6.07, 6.45) is 5.00. The summed E-state index contributed by atoms with van der Waals surface area (Å²) in [6.45, 7) is 4.12. The number of hydrogen-bond donors (Lipinski definition) is 1. The molecule has 1 aromatic rings. The lowest BCUT2D eigenvalue weighted by molar-refractivity contribution is -0.136. The van der Waals surface area contributed by atoms with E-state index in [9.17, 15) is 4.79 Å². The lowest BCUT2D eigenvalue weighted by Gasteiger charge is -2.35. The average Bonchev–Trinajstić information content (AvgIpc) is 2.46. The SMILES string of the molecule is CCCNC(=O)C1(Cc2ccccn2)CCOCC1. The van der Waals surface area contributed by atoms with Crippen molar-refractivity contribution in [1.29, 1.82) is 0 Å². The molecule has 1 N–H and O–H groups in total. The molecule has 1 aliphatic heterocycles. The molecule has 2 rings (SSSR count). The maximum Gasteiger partial charge on any atom is 0.226 e. The van der Waals surface area contributed by atoms with E-state index in [1.54, 1.807) is 6.20 Å². The van der Waals surface area contributed by atoms with Gasteiger partial charge in [-0.05, 0) is 31.4 Å². The Kier molecular flexibility index (Phi) is 4.91. The summed E-state index contributed by atoms with van der Waals surface area (Å²) in [5, 5.41) is 3.04. The van der Waals surface area contributed by atoms with Crippen molar-refractivity contribution in [3.63, 3.8) is 0 Å². The van der Waals surface area contributed by atoms with Gasteiger partial charge >= 0.3 is 0 Å². The molecule has 2 heterocycles. The molecule has 1 aliphatic rings. The second-order valence-corrected chi connectivity index (χ2v) is 5.15. The first-order valence-corrected chi connectivity index (χ1v) is 7.03. The highest BCUT2D eigenvalue weighted by atomic mass is 16.5. The number of pyridine rings is 1. The van der Waals surface area contributed by atoms with E-state index >= 15 is 0 Å². The second kappa shape index (κ2) is 6.66. The van der Waals surface area contributed by atoms with Gasteiger partial charge in [-0.15, -0.1) is 0 Å². The molecule has 0 aromatic carbocycles. The van der Waals surface area contributed by atoms with Crippen LogP contribution in [0.5, 0.6) is 0 Å². The van der Waals surface area contributed by atoms with Gasteiger partial charge in [0.1, 0.15) is 0 Å². The molecule has 19 heavy (non-hydrogen) atoms. The van der Waals surface area contributed by atoms with E-state index in [1.807, 2.05) is 18.2 Å². The van der Waals surface area contributed by atoms with E-state index in [0.717, 1.165) is 31.5 Å². The first kappa shape index (κ1) is 14.0. The van der Waals surface area contributed by atoms with Gasteiger partial charge in [0.15, 0.2) is 0 Å². The third kappa shape index (κ3) is 3.53.